The largest absolute Gasteiger partial charge is 0.388 e. The molecule has 17 heavy (non-hydrogen) atoms. The second kappa shape index (κ2) is 6.40. The first-order valence-corrected chi connectivity index (χ1v) is 6.06. The molecule has 0 saturated carbocycles. The summed E-state index contributed by atoms with van der Waals surface area (Å²) in [6.45, 7) is 3.88. The van der Waals surface area contributed by atoms with Gasteiger partial charge in [0.15, 0.2) is 0 Å². The number of rotatable bonds is 5. The van der Waals surface area contributed by atoms with Crippen molar-refractivity contribution in [3.05, 3.63) is 35.9 Å². The van der Waals surface area contributed by atoms with Crippen LogP contribution in [0.15, 0.2) is 30.3 Å². The second-order valence-electron chi connectivity index (χ2n) is 4.34. The van der Waals surface area contributed by atoms with Crippen LogP contribution in [0.25, 0.3) is 0 Å². The highest BCUT2D eigenvalue weighted by Gasteiger charge is 2.28. The van der Waals surface area contributed by atoms with Crippen LogP contribution in [0, 0.1) is 11.8 Å². The molecular formula is C14H21NO2. The molecule has 0 bridgehead atoms. The summed E-state index contributed by atoms with van der Waals surface area (Å²) in [5, 5.41) is 12.9. The van der Waals surface area contributed by atoms with Gasteiger partial charge in [-0.2, -0.15) is 0 Å². The Kier molecular flexibility index (Phi) is 5.16. The first-order valence-electron chi connectivity index (χ1n) is 6.06. The van der Waals surface area contributed by atoms with Gasteiger partial charge in [0.25, 0.3) is 0 Å². The lowest BCUT2D eigenvalue weighted by Crippen LogP contribution is -2.33. The molecule has 1 aromatic rings. The fourth-order valence-electron chi connectivity index (χ4n) is 2.16. The zero-order valence-corrected chi connectivity index (χ0v) is 10.7. The van der Waals surface area contributed by atoms with E-state index in [1.807, 2.05) is 44.2 Å². The SMILES string of the molecule is CCC(C(=O)NC)[C@H](C)[C@H](O)c1ccccc1. The molecule has 0 aliphatic heterocycles. The smallest absolute Gasteiger partial charge is 0.223 e. The summed E-state index contributed by atoms with van der Waals surface area (Å²) in [5.74, 6) is -0.257. The van der Waals surface area contributed by atoms with E-state index in [0.717, 1.165) is 12.0 Å². The Morgan fingerprint density at radius 2 is 1.94 bits per heavy atom. The Morgan fingerprint density at radius 1 is 1.35 bits per heavy atom. The average Bonchev–Trinajstić information content (AvgIpc) is 2.39. The Labute approximate surface area is 103 Å². The highest BCUT2D eigenvalue weighted by molar-refractivity contribution is 5.78. The molecular weight excluding hydrogens is 214 g/mol. The number of nitrogens with one attached hydrogen (secondary N) is 1. The van der Waals surface area contributed by atoms with E-state index in [1.54, 1.807) is 7.05 Å². The molecule has 1 amide bonds. The normalized spacial score (nSPS) is 16.0. The van der Waals surface area contributed by atoms with Gasteiger partial charge in [0.2, 0.25) is 5.91 Å². The van der Waals surface area contributed by atoms with E-state index in [-0.39, 0.29) is 17.7 Å². The van der Waals surface area contributed by atoms with Crippen LogP contribution in [0.2, 0.25) is 0 Å². The molecule has 0 saturated heterocycles. The maximum absolute atomic E-state index is 11.7. The quantitative estimate of drug-likeness (QED) is 0.821. The molecule has 0 aromatic heterocycles. The van der Waals surface area contributed by atoms with Crippen molar-refractivity contribution in [2.75, 3.05) is 7.05 Å². The maximum Gasteiger partial charge on any atom is 0.223 e. The molecule has 3 heteroatoms. The molecule has 0 fully saturated rings. The predicted octanol–water partition coefficient (Wildman–Crippen LogP) is 2.13. The zero-order chi connectivity index (χ0) is 12.8. The summed E-state index contributed by atoms with van der Waals surface area (Å²) < 4.78 is 0. The van der Waals surface area contributed by atoms with Gasteiger partial charge in [0.1, 0.15) is 0 Å². The van der Waals surface area contributed by atoms with Crippen molar-refractivity contribution in [3.8, 4) is 0 Å². The fraction of sp³-hybridized carbons (Fsp3) is 0.500. The summed E-state index contributed by atoms with van der Waals surface area (Å²) in [7, 11) is 1.63. The molecule has 0 radical (unpaired) electrons. The maximum atomic E-state index is 11.7. The zero-order valence-electron chi connectivity index (χ0n) is 10.7. The summed E-state index contributed by atoms with van der Waals surface area (Å²) in [4.78, 5) is 11.7. The van der Waals surface area contributed by atoms with Crippen LogP contribution >= 0.6 is 0 Å². The van der Waals surface area contributed by atoms with Crippen molar-refractivity contribution in [1.29, 1.82) is 0 Å². The molecule has 0 heterocycles. The van der Waals surface area contributed by atoms with Gasteiger partial charge in [0.05, 0.1) is 6.10 Å². The molecule has 1 aromatic carbocycles. The topological polar surface area (TPSA) is 49.3 Å². The Morgan fingerprint density at radius 3 is 2.41 bits per heavy atom. The van der Waals surface area contributed by atoms with Gasteiger partial charge in [-0.3, -0.25) is 4.79 Å². The van der Waals surface area contributed by atoms with E-state index in [9.17, 15) is 9.90 Å². The van der Waals surface area contributed by atoms with Gasteiger partial charge in [0, 0.05) is 13.0 Å². The lowest BCUT2D eigenvalue weighted by atomic mass is 9.83. The Hall–Kier alpha value is -1.35. The molecule has 3 atom stereocenters. The van der Waals surface area contributed by atoms with E-state index in [0.29, 0.717) is 0 Å². The summed E-state index contributed by atoms with van der Waals surface area (Å²) in [5.41, 5.74) is 0.863. The molecule has 0 aliphatic carbocycles. The lowest BCUT2D eigenvalue weighted by molar-refractivity contribution is -0.127. The number of benzene rings is 1. The van der Waals surface area contributed by atoms with E-state index >= 15 is 0 Å². The first kappa shape index (κ1) is 13.7. The number of hydrogen-bond acceptors (Lipinski definition) is 2. The number of aliphatic hydroxyl groups is 1. The van der Waals surface area contributed by atoms with Gasteiger partial charge >= 0.3 is 0 Å². The van der Waals surface area contributed by atoms with Crippen molar-refractivity contribution in [3.63, 3.8) is 0 Å². The number of carbonyl (C=O) groups excluding carboxylic acids is 1. The fourth-order valence-corrected chi connectivity index (χ4v) is 2.16. The Balaban J connectivity index is 2.81. The van der Waals surface area contributed by atoms with Crippen LogP contribution in [0.5, 0.6) is 0 Å². The minimum atomic E-state index is -0.599. The minimum Gasteiger partial charge on any atom is -0.388 e. The van der Waals surface area contributed by atoms with Crippen LogP contribution in [0.4, 0.5) is 0 Å². The van der Waals surface area contributed by atoms with Gasteiger partial charge in [-0.15, -0.1) is 0 Å². The second-order valence-corrected chi connectivity index (χ2v) is 4.34. The van der Waals surface area contributed by atoms with Crippen molar-refractivity contribution in [2.24, 2.45) is 11.8 Å². The predicted molar refractivity (Wildman–Crippen MR) is 68.4 cm³/mol. The average molecular weight is 235 g/mol. The molecule has 0 spiro atoms. The van der Waals surface area contributed by atoms with Crippen molar-refractivity contribution in [1.82, 2.24) is 5.32 Å². The van der Waals surface area contributed by atoms with Crippen molar-refractivity contribution in [2.45, 2.75) is 26.4 Å². The summed E-state index contributed by atoms with van der Waals surface area (Å²) in [6.07, 6.45) is 0.128. The van der Waals surface area contributed by atoms with Crippen molar-refractivity contribution < 1.29 is 9.90 Å². The molecule has 94 valence electrons. The summed E-state index contributed by atoms with van der Waals surface area (Å²) in [6, 6.07) is 9.48. The van der Waals surface area contributed by atoms with Crippen molar-refractivity contribution >= 4 is 5.91 Å². The van der Waals surface area contributed by atoms with E-state index in [4.69, 9.17) is 0 Å². The van der Waals surface area contributed by atoms with Gasteiger partial charge in [-0.1, -0.05) is 44.2 Å². The number of aliphatic hydroxyl groups excluding tert-OH is 1. The molecule has 2 N–H and O–H groups in total. The highest BCUT2D eigenvalue weighted by atomic mass is 16.3. The third-order valence-electron chi connectivity index (χ3n) is 3.30. The monoisotopic (exact) mass is 235 g/mol. The lowest BCUT2D eigenvalue weighted by Gasteiger charge is -2.26. The molecule has 3 nitrogen and oxygen atoms in total. The van der Waals surface area contributed by atoms with E-state index in [1.165, 1.54) is 0 Å². The highest BCUT2D eigenvalue weighted by Crippen LogP contribution is 2.29. The Bertz CT molecular complexity index is 350. The summed E-state index contributed by atoms with van der Waals surface area (Å²) >= 11 is 0. The van der Waals surface area contributed by atoms with E-state index < -0.39 is 6.10 Å². The van der Waals surface area contributed by atoms with Gasteiger partial charge in [-0.05, 0) is 17.9 Å². The van der Waals surface area contributed by atoms with Crippen LogP contribution in [-0.2, 0) is 4.79 Å². The molecule has 0 aliphatic rings. The van der Waals surface area contributed by atoms with Crippen LogP contribution in [-0.4, -0.2) is 18.1 Å². The standard InChI is InChI=1S/C14H21NO2/c1-4-12(14(17)15-3)10(2)13(16)11-8-6-5-7-9-11/h5-10,12-13,16H,4H2,1-3H3,(H,15,17)/t10-,12?,13-/m0/s1. The molecule has 1 rings (SSSR count). The van der Waals surface area contributed by atoms with Gasteiger partial charge < -0.3 is 10.4 Å². The molecule has 1 unspecified atom stereocenters. The minimum absolute atomic E-state index is 0.00465. The number of carbonyl (C=O) groups is 1. The van der Waals surface area contributed by atoms with Crippen LogP contribution in [0.3, 0.4) is 0 Å². The van der Waals surface area contributed by atoms with Gasteiger partial charge in [-0.25, -0.2) is 0 Å². The van der Waals surface area contributed by atoms with Crippen LogP contribution in [0.1, 0.15) is 31.9 Å². The van der Waals surface area contributed by atoms with Crippen LogP contribution < -0.4 is 5.32 Å². The van der Waals surface area contributed by atoms with E-state index in [2.05, 4.69) is 5.32 Å². The third kappa shape index (κ3) is 3.30. The first-order chi connectivity index (χ1) is 8.11. The number of amides is 1. The number of hydrogen-bond donors (Lipinski definition) is 2. The third-order valence-corrected chi connectivity index (χ3v) is 3.30.